The van der Waals surface area contributed by atoms with Gasteiger partial charge in [0, 0.05) is 26.6 Å². The highest BCUT2D eigenvalue weighted by molar-refractivity contribution is 5.84. The van der Waals surface area contributed by atoms with E-state index in [2.05, 4.69) is 0 Å². The van der Waals surface area contributed by atoms with E-state index in [0.717, 1.165) is 0 Å². The number of nitrogens with zero attached hydrogens (tertiary/aromatic N) is 1. The number of carbonyl (C=O) groups excluding carboxylic acids is 2. The van der Waals surface area contributed by atoms with Crippen molar-refractivity contribution in [2.24, 2.45) is 5.92 Å². The number of carbonyl (C=O) groups is 2. The monoisotopic (exact) mass is 243 g/mol. The molecule has 1 aliphatic heterocycles. The van der Waals surface area contributed by atoms with E-state index >= 15 is 0 Å². The normalized spacial score (nSPS) is 21.5. The largest absolute Gasteiger partial charge is 0.444 e. The number of rotatable bonds is 2. The summed E-state index contributed by atoms with van der Waals surface area (Å²) < 4.78 is 10.3. The van der Waals surface area contributed by atoms with Crippen molar-refractivity contribution in [3.63, 3.8) is 0 Å². The highest BCUT2D eigenvalue weighted by Crippen LogP contribution is 2.17. The van der Waals surface area contributed by atoms with Crippen LogP contribution in [0.1, 0.15) is 27.2 Å². The molecule has 17 heavy (non-hydrogen) atoms. The zero-order valence-electron chi connectivity index (χ0n) is 11.0. The van der Waals surface area contributed by atoms with Crippen LogP contribution in [0.3, 0.4) is 0 Å². The number of ketones is 1. The van der Waals surface area contributed by atoms with Gasteiger partial charge in [0.1, 0.15) is 11.4 Å². The summed E-state index contributed by atoms with van der Waals surface area (Å²) in [5, 5.41) is 0. The second-order valence-corrected chi connectivity index (χ2v) is 5.29. The number of methoxy groups -OCH3 is 1. The van der Waals surface area contributed by atoms with Crippen molar-refractivity contribution in [3.05, 3.63) is 0 Å². The third kappa shape index (κ3) is 4.34. The summed E-state index contributed by atoms with van der Waals surface area (Å²) in [6, 6.07) is 0. The number of piperidine rings is 1. The molecule has 0 aromatic rings. The molecule has 0 aromatic heterocycles. The Hall–Kier alpha value is -1.10. The van der Waals surface area contributed by atoms with Gasteiger partial charge in [0.05, 0.1) is 12.5 Å². The third-order valence-electron chi connectivity index (χ3n) is 2.54. The van der Waals surface area contributed by atoms with Gasteiger partial charge in [-0.3, -0.25) is 4.79 Å². The van der Waals surface area contributed by atoms with Crippen LogP contribution < -0.4 is 0 Å². The number of hydrogen-bond donors (Lipinski definition) is 0. The second kappa shape index (κ2) is 5.49. The molecule has 98 valence electrons. The zero-order chi connectivity index (χ0) is 13.1. The molecule has 5 heteroatoms. The predicted octanol–water partition coefficient (Wildman–Crippen LogP) is 1.46. The Morgan fingerprint density at radius 3 is 2.65 bits per heavy atom. The van der Waals surface area contributed by atoms with Gasteiger partial charge in [0.25, 0.3) is 0 Å². The van der Waals surface area contributed by atoms with Gasteiger partial charge >= 0.3 is 6.09 Å². The average molecular weight is 243 g/mol. The van der Waals surface area contributed by atoms with Gasteiger partial charge in [0.15, 0.2) is 0 Å². The van der Waals surface area contributed by atoms with Gasteiger partial charge in [-0.25, -0.2) is 4.79 Å². The summed E-state index contributed by atoms with van der Waals surface area (Å²) >= 11 is 0. The minimum atomic E-state index is -0.505. The van der Waals surface area contributed by atoms with Crippen LogP contribution in [0.5, 0.6) is 0 Å². The maximum atomic E-state index is 11.8. The van der Waals surface area contributed by atoms with Crippen molar-refractivity contribution < 1.29 is 19.1 Å². The average Bonchev–Trinajstić information content (AvgIpc) is 2.19. The first kappa shape index (κ1) is 14.0. The van der Waals surface area contributed by atoms with E-state index in [1.807, 2.05) is 20.8 Å². The van der Waals surface area contributed by atoms with Gasteiger partial charge in [-0.2, -0.15) is 0 Å². The lowest BCUT2D eigenvalue weighted by Crippen LogP contribution is -2.47. The molecule has 0 bridgehead atoms. The second-order valence-electron chi connectivity index (χ2n) is 5.29. The van der Waals surface area contributed by atoms with E-state index in [1.165, 1.54) is 0 Å². The molecule has 0 saturated carbocycles. The molecule has 0 aliphatic carbocycles. The lowest BCUT2D eigenvalue weighted by molar-refractivity contribution is -0.127. The Bertz CT molecular complexity index is 295. The maximum Gasteiger partial charge on any atom is 0.410 e. The van der Waals surface area contributed by atoms with Crippen LogP contribution in [-0.2, 0) is 14.3 Å². The molecule has 1 fully saturated rings. The first-order chi connectivity index (χ1) is 7.83. The predicted molar refractivity (Wildman–Crippen MR) is 62.8 cm³/mol. The smallest absolute Gasteiger partial charge is 0.410 e. The number of amides is 1. The molecule has 0 spiro atoms. The first-order valence-corrected chi connectivity index (χ1v) is 5.83. The molecule has 1 amide bonds. The summed E-state index contributed by atoms with van der Waals surface area (Å²) in [4.78, 5) is 25.0. The molecular formula is C12H21NO4. The van der Waals surface area contributed by atoms with Crippen molar-refractivity contribution >= 4 is 11.9 Å². The van der Waals surface area contributed by atoms with Crippen molar-refractivity contribution in [1.29, 1.82) is 0 Å². The van der Waals surface area contributed by atoms with Gasteiger partial charge in [-0.1, -0.05) is 0 Å². The minimum absolute atomic E-state index is 0.159. The zero-order valence-corrected chi connectivity index (χ0v) is 11.0. The summed E-state index contributed by atoms with van der Waals surface area (Å²) in [6.45, 7) is 6.67. The molecule has 0 aromatic carbocycles. The Morgan fingerprint density at radius 1 is 1.47 bits per heavy atom. The maximum absolute atomic E-state index is 11.8. The molecule has 1 aliphatic rings. The fourth-order valence-electron chi connectivity index (χ4n) is 1.75. The fourth-order valence-corrected chi connectivity index (χ4v) is 1.75. The van der Waals surface area contributed by atoms with Crippen LogP contribution in [0, 0.1) is 5.92 Å². The van der Waals surface area contributed by atoms with Crippen LogP contribution in [-0.4, -0.2) is 49.2 Å². The molecule has 5 nitrogen and oxygen atoms in total. The Morgan fingerprint density at radius 2 is 2.12 bits per heavy atom. The van der Waals surface area contributed by atoms with Gasteiger partial charge < -0.3 is 14.4 Å². The van der Waals surface area contributed by atoms with E-state index < -0.39 is 5.60 Å². The molecule has 1 heterocycles. The van der Waals surface area contributed by atoms with Crippen molar-refractivity contribution in [1.82, 2.24) is 4.90 Å². The van der Waals surface area contributed by atoms with E-state index in [4.69, 9.17) is 9.47 Å². The minimum Gasteiger partial charge on any atom is -0.444 e. The molecular weight excluding hydrogens is 222 g/mol. The highest BCUT2D eigenvalue weighted by Gasteiger charge is 2.31. The van der Waals surface area contributed by atoms with Crippen LogP contribution in [0.15, 0.2) is 0 Å². The summed E-state index contributed by atoms with van der Waals surface area (Å²) in [7, 11) is 1.56. The van der Waals surface area contributed by atoms with Gasteiger partial charge in [-0.15, -0.1) is 0 Å². The molecule has 0 radical (unpaired) electrons. The van der Waals surface area contributed by atoms with Crippen LogP contribution in [0.25, 0.3) is 0 Å². The summed E-state index contributed by atoms with van der Waals surface area (Å²) in [5.74, 6) is -0.0621. The van der Waals surface area contributed by atoms with Crippen LogP contribution >= 0.6 is 0 Å². The standard InChI is InChI=1S/C12H21NO4/c1-12(2,3)17-11(15)13-6-5-10(14)9(7-13)8-16-4/h9H,5-8H2,1-4H3. The van der Waals surface area contributed by atoms with Gasteiger partial charge in [0.2, 0.25) is 0 Å². The Balaban J connectivity index is 2.55. The number of likely N-dealkylation sites (tertiary alicyclic amines) is 1. The fraction of sp³-hybridized carbons (Fsp3) is 0.833. The van der Waals surface area contributed by atoms with E-state index in [-0.39, 0.29) is 17.8 Å². The van der Waals surface area contributed by atoms with Crippen molar-refractivity contribution in [2.45, 2.75) is 32.8 Å². The molecule has 1 rings (SSSR count). The summed E-state index contributed by atoms with van der Waals surface area (Å²) in [6.07, 6.45) is 0.0268. The number of Topliss-reactive ketones (excluding diaryl/α,β-unsaturated/α-hetero) is 1. The van der Waals surface area contributed by atoms with Crippen molar-refractivity contribution in [3.8, 4) is 0 Å². The van der Waals surface area contributed by atoms with Crippen LogP contribution in [0.4, 0.5) is 4.79 Å². The SMILES string of the molecule is COCC1CN(C(=O)OC(C)(C)C)CCC1=O. The van der Waals surface area contributed by atoms with E-state index in [9.17, 15) is 9.59 Å². The Labute approximate surface area is 102 Å². The topological polar surface area (TPSA) is 55.8 Å². The molecule has 1 saturated heterocycles. The van der Waals surface area contributed by atoms with E-state index in [0.29, 0.717) is 26.1 Å². The lowest BCUT2D eigenvalue weighted by Gasteiger charge is -2.33. The van der Waals surface area contributed by atoms with Gasteiger partial charge in [-0.05, 0) is 20.8 Å². The number of hydrogen-bond acceptors (Lipinski definition) is 4. The molecule has 1 atom stereocenters. The molecule has 0 N–H and O–H groups in total. The summed E-state index contributed by atoms with van der Waals surface area (Å²) in [5.41, 5.74) is -0.505. The number of ether oxygens (including phenoxy) is 2. The molecule has 1 unspecified atom stereocenters. The van der Waals surface area contributed by atoms with Crippen molar-refractivity contribution in [2.75, 3.05) is 26.8 Å². The van der Waals surface area contributed by atoms with Crippen LogP contribution in [0.2, 0.25) is 0 Å². The third-order valence-corrected chi connectivity index (χ3v) is 2.54. The lowest BCUT2D eigenvalue weighted by atomic mass is 9.98. The Kier molecular flexibility index (Phi) is 4.51. The quantitative estimate of drug-likeness (QED) is 0.736. The van der Waals surface area contributed by atoms with E-state index in [1.54, 1.807) is 12.0 Å². The highest BCUT2D eigenvalue weighted by atomic mass is 16.6. The first-order valence-electron chi connectivity index (χ1n) is 5.83.